The molecule has 0 unspecified atom stereocenters. The van der Waals surface area contributed by atoms with Crippen molar-refractivity contribution < 1.29 is 8.78 Å². The molecule has 0 N–H and O–H groups in total. The van der Waals surface area contributed by atoms with Gasteiger partial charge in [0.15, 0.2) is 11.5 Å². The second-order valence-corrected chi connectivity index (χ2v) is 5.64. The molecule has 0 fully saturated rings. The van der Waals surface area contributed by atoms with E-state index in [0.29, 0.717) is 5.69 Å². The van der Waals surface area contributed by atoms with Gasteiger partial charge in [0.1, 0.15) is 17.6 Å². The van der Waals surface area contributed by atoms with E-state index in [-0.39, 0.29) is 11.4 Å². The molecule has 1 heterocycles. The lowest BCUT2D eigenvalue weighted by Crippen LogP contribution is -2.02. The smallest absolute Gasteiger partial charge is 0.163 e. The number of hydrogen-bond acceptors (Lipinski definition) is 3. The lowest BCUT2D eigenvalue weighted by atomic mass is 10.1. The van der Waals surface area contributed by atoms with E-state index in [2.05, 4.69) is 5.10 Å². The van der Waals surface area contributed by atoms with E-state index in [0.717, 1.165) is 22.6 Å². The van der Waals surface area contributed by atoms with E-state index >= 15 is 0 Å². The van der Waals surface area contributed by atoms with Crippen molar-refractivity contribution in [3.8, 4) is 23.0 Å². The summed E-state index contributed by atoms with van der Waals surface area (Å²) in [5.74, 6) is -1.40. The van der Waals surface area contributed by atoms with Crippen molar-refractivity contribution in [2.24, 2.45) is 0 Å². The maximum atomic E-state index is 14.1. The van der Waals surface area contributed by atoms with Crippen LogP contribution in [-0.2, 0) is 0 Å². The van der Waals surface area contributed by atoms with Gasteiger partial charge >= 0.3 is 0 Å². The molecule has 0 atom stereocenters. The first kappa shape index (κ1) is 15.3. The van der Waals surface area contributed by atoms with Gasteiger partial charge in [0.05, 0.1) is 5.69 Å². The Morgan fingerprint density at radius 2 is 1.83 bits per heavy atom. The molecule has 114 valence electrons. The van der Waals surface area contributed by atoms with Crippen LogP contribution in [0.5, 0.6) is 0 Å². The number of thioether (sulfide) groups is 1. The Morgan fingerprint density at radius 1 is 1.09 bits per heavy atom. The van der Waals surface area contributed by atoms with Crippen molar-refractivity contribution in [2.45, 2.75) is 4.90 Å². The maximum Gasteiger partial charge on any atom is 0.163 e. The van der Waals surface area contributed by atoms with Gasteiger partial charge in [-0.1, -0.05) is 12.1 Å². The first-order valence-corrected chi connectivity index (χ1v) is 7.95. The third-order valence-electron chi connectivity index (χ3n) is 3.35. The summed E-state index contributed by atoms with van der Waals surface area (Å²) < 4.78 is 28.5. The predicted molar refractivity (Wildman–Crippen MR) is 85.4 cm³/mol. The molecule has 0 aliphatic heterocycles. The molecular weight excluding hydrogens is 316 g/mol. The fourth-order valence-corrected chi connectivity index (χ4v) is 2.65. The van der Waals surface area contributed by atoms with Crippen LogP contribution in [0, 0.1) is 23.0 Å². The van der Waals surface area contributed by atoms with Gasteiger partial charge < -0.3 is 0 Å². The van der Waals surface area contributed by atoms with E-state index in [1.165, 1.54) is 10.7 Å². The number of rotatable bonds is 3. The van der Waals surface area contributed by atoms with Crippen LogP contribution >= 0.6 is 11.8 Å². The Kier molecular flexibility index (Phi) is 4.13. The lowest BCUT2D eigenvalue weighted by molar-refractivity contribution is 0.574. The van der Waals surface area contributed by atoms with Gasteiger partial charge in [0, 0.05) is 22.6 Å². The fourth-order valence-electron chi connectivity index (χ4n) is 2.24. The standard InChI is InChI=1S/C17H11F2N3S/c1-23-14-5-2-11(3-6-14)17-9-13(10-20)21-22(17)16-7-4-12(18)8-15(16)19/h2-9H,1H3. The average Bonchev–Trinajstić information content (AvgIpc) is 2.99. The van der Waals surface area contributed by atoms with E-state index in [1.807, 2.05) is 36.6 Å². The normalized spacial score (nSPS) is 10.5. The Labute approximate surface area is 136 Å². The SMILES string of the molecule is CSc1ccc(-c2cc(C#N)nn2-c2ccc(F)cc2F)cc1. The van der Waals surface area contributed by atoms with Crippen LogP contribution in [0.4, 0.5) is 8.78 Å². The number of nitriles is 1. The van der Waals surface area contributed by atoms with Crippen LogP contribution in [0.3, 0.4) is 0 Å². The molecular formula is C17H11F2N3S. The van der Waals surface area contributed by atoms with Crippen molar-refractivity contribution >= 4 is 11.8 Å². The van der Waals surface area contributed by atoms with Crippen LogP contribution in [-0.4, -0.2) is 16.0 Å². The fraction of sp³-hybridized carbons (Fsp3) is 0.0588. The molecule has 0 aliphatic rings. The van der Waals surface area contributed by atoms with Gasteiger partial charge in [0.25, 0.3) is 0 Å². The molecule has 3 aromatic rings. The molecule has 3 nitrogen and oxygen atoms in total. The van der Waals surface area contributed by atoms with Crippen LogP contribution < -0.4 is 0 Å². The summed E-state index contributed by atoms with van der Waals surface area (Å²) in [7, 11) is 0. The second-order valence-electron chi connectivity index (χ2n) is 4.76. The Morgan fingerprint density at radius 3 is 2.43 bits per heavy atom. The highest BCUT2D eigenvalue weighted by molar-refractivity contribution is 7.98. The molecule has 6 heteroatoms. The summed E-state index contributed by atoms with van der Waals surface area (Å²) in [5.41, 5.74) is 1.62. The highest BCUT2D eigenvalue weighted by Gasteiger charge is 2.15. The van der Waals surface area contributed by atoms with Gasteiger partial charge in [-0.05, 0) is 30.5 Å². The zero-order valence-corrected chi connectivity index (χ0v) is 12.9. The summed E-state index contributed by atoms with van der Waals surface area (Å²) in [5, 5.41) is 13.2. The van der Waals surface area contributed by atoms with Crippen molar-refractivity contribution in [2.75, 3.05) is 6.26 Å². The summed E-state index contributed by atoms with van der Waals surface area (Å²) in [6.07, 6.45) is 1.97. The van der Waals surface area contributed by atoms with E-state index < -0.39 is 11.6 Å². The summed E-state index contributed by atoms with van der Waals surface area (Å²) in [6, 6.07) is 14.4. The number of halogens is 2. The molecule has 0 amide bonds. The molecule has 0 aliphatic carbocycles. The topological polar surface area (TPSA) is 41.6 Å². The summed E-state index contributed by atoms with van der Waals surface area (Å²) in [4.78, 5) is 1.09. The highest BCUT2D eigenvalue weighted by atomic mass is 32.2. The zero-order valence-electron chi connectivity index (χ0n) is 12.1. The predicted octanol–water partition coefficient (Wildman–Crippen LogP) is 4.41. The first-order chi connectivity index (χ1) is 11.1. The van der Waals surface area contributed by atoms with E-state index in [4.69, 9.17) is 5.26 Å². The Balaban J connectivity index is 2.17. The van der Waals surface area contributed by atoms with Crippen molar-refractivity contribution in [1.82, 2.24) is 9.78 Å². The minimum Gasteiger partial charge on any atom is -0.229 e. The van der Waals surface area contributed by atoms with Gasteiger partial charge in [-0.15, -0.1) is 11.8 Å². The lowest BCUT2D eigenvalue weighted by Gasteiger charge is -2.09. The minimum absolute atomic E-state index is 0.0943. The van der Waals surface area contributed by atoms with Gasteiger partial charge in [-0.3, -0.25) is 0 Å². The summed E-state index contributed by atoms with van der Waals surface area (Å²) in [6.45, 7) is 0. The van der Waals surface area contributed by atoms with Crippen molar-refractivity contribution in [3.05, 3.63) is 65.9 Å². The largest absolute Gasteiger partial charge is 0.229 e. The van der Waals surface area contributed by atoms with E-state index in [9.17, 15) is 8.78 Å². The molecule has 0 saturated carbocycles. The number of aromatic nitrogens is 2. The van der Waals surface area contributed by atoms with Crippen LogP contribution in [0.1, 0.15) is 5.69 Å². The Hall–Kier alpha value is -2.65. The number of benzene rings is 2. The monoisotopic (exact) mass is 327 g/mol. The third-order valence-corrected chi connectivity index (χ3v) is 4.09. The molecule has 23 heavy (non-hydrogen) atoms. The van der Waals surface area contributed by atoms with Crippen molar-refractivity contribution in [3.63, 3.8) is 0 Å². The minimum atomic E-state index is -0.737. The van der Waals surface area contributed by atoms with Gasteiger partial charge in [-0.2, -0.15) is 10.4 Å². The van der Waals surface area contributed by atoms with Crippen LogP contribution in [0.15, 0.2) is 53.4 Å². The van der Waals surface area contributed by atoms with Gasteiger partial charge in [-0.25, -0.2) is 13.5 Å². The molecule has 2 aromatic carbocycles. The Bertz CT molecular complexity index is 895. The zero-order chi connectivity index (χ0) is 16.4. The number of nitrogens with zero attached hydrogens (tertiary/aromatic N) is 3. The molecule has 0 bridgehead atoms. The number of hydrogen-bond donors (Lipinski definition) is 0. The molecule has 1 aromatic heterocycles. The first-order valence-electron chi connectivity index (χ1n) is 6.72. The quantitative estimate of drug-likeness (QED) is 0.669. The third kappa shape index (κ3) is 2.96. The van der Waals surface area contributed by atoms with Crippen LogP contribution in [0.2, 0.25) is 0 Å². The maximum absolute atomic E-state index is 14.1. The second kappa shape index (κ2) is 6.23. The molecule has 0 radical (unpaired) electrons. The van der Waals surface area contributed by atoms with Gasteiger partial charge in [0.2, 0.25) is 0 Å². The summed E-state index contributed by atoms with van der Waals surface area (Å²) >= 11 is 1.61. The van der Waals surface area contributed by atoms with Crippen LogP contribution in [0.25, 0.3) is 16.9 Å². The molecule has 3 rings (SSSR count). The average molecular weight is 327 g/mol. The van der Waals surface area contributed by atoms with Crippen molar-refractivity contribution in [1.29, 1.82) is 5.26 Å². The molecule has 0 saturated heterocycles. The van der Waals surface area contributed by atoms with E-state index in [1.54, 1.807) is 17.8 Å². The highest BCUT2D eigenvalue weighted by Crippen LogP contribution is 2.27. The molecule has 0 spiro atoms.